The summed E-state index contributed by atoms with van der Waals surface area (Å²) in [5.41, 5.74) is 1.11. The Balaban J connectivity index is 2.29. The van der Waals surface area contributed by atoms with E-state index in [4.69, 9.17) is 0 Å². The van der Waals surface area contributed by atoms with Gasteiger partial charge in [0.2, 0.25) is 0 Å². The van der Waals surface area contributed by atoms with E-state index in [0.717, 1.165) is 12.0 Å². The molecular weight excluding hydrogens is 172 g/mol. The molecule has 1 N–H and O–H groups in total. The van der Waals surface area contributed by atoms with Crippen LogP contribution in [0.2, 0.25) is 0 Å². The number of hydrogen-bond donors (Lipinski definition) is 2. The Hall–Kier alpha value is -1.03. The van der Waals surface area contributed by atoms with Crippen LogP contribution in [0.15, 0.2) is 24.5 Å². The number of carbonyl (C=O) groups excluding carboxylic acids is 1. The van der Waals surface area contributed by atoms with Crippen LogP contribution in [-0.4, -0.2) is 16.8 Å². The molecule has 0 saturated carbocycles. The van der Waals surface area contributed by atoms with Gasteiger partial charge in [0.15, 0.2) is 0 Å². The summed E-state index contributed by atoms with van der Waals surface area (Å²) in [6, 6.07) is 3.84. The van der Waals surface area contributed by atoms with E-state index in [2.05, 4.69) is 22.9 Å². The number of carbonyl (C=O) groups is 1. The van der Waals surface area contributed by atoms with E-state index in [1.54, 1.807) is 12.4 Å². The van der Waals surface area contributed by atoms with Crippen molar-refractivity contribution in [3.05, 3.63) is 30.1 Å². The maximum absolute atomic E-state index is 10.4. The summed E-state index contributed by atoms with van der Waals surface area (Å²) < 4.78 is 0. The quantitative estimate of drug-likeness (QED) is 0.691. The highest BCUT2D eigenvalue weighted by Crippen LogP contribution is 1.95. The van der Waals surface area contributed by atoms with Crippen molar-refractivity contribution in [2.24, 2.45) is 0 Å². The first-order valence-electron chi connectivity index (χ1n) is 3.65. The molecule has 0 bridgehead atoms. The Bertz CT molecular complexity index is 250. The second-order valence-electron chi connectivity index (χ2n) is 2.34. The smallest absolute Gasteiger partial charge is 0.275 e. The molecule has 0 spiro atoms. The van der Waals surface area contributed by atoms with E-state index in [1.807, 2.05) is 12.1 Å². The van der Waals surface area contributed by atoms with E-state index in [0.29, 0.717) is 6.54 Å². The van der Waals surface area contributed by atoms with Crippen LogP contribution in [0, 0.1) is 0 Å². The molecule has 0 aliphatic heterocycles. The molecule has 0 fully saturated rings. The van der Waals surface area contributed by atoms with E-state index >= 15 is 0 Å². The summed E-state index contributed by atoms with van der Waals surface area (Å²) >= 11 is 3.58. The maximum atomic E-state index is 10.4. The normalized spacial score (nSPS) is 9.42. The predicted octanol–water partition coefficient (Wildman–Crippen LogP) is 1.26. The number of thiol groups is 1. The van der Waals surface area contributed by atoms with Crippen LogP contribution in [0.3, 0.4) is 0 Å². The summed E-state index contributed by atoms with van der Waals surface area (Å²) in [6.07, 6.45) is 4.30. The number of nitrogens with one attached hydrogen (secondary N) is 1. The van der Waals surface area contributed by atoms with Crippen LogP contribution in [0.4, 0.5) is 4.79 Å². The van der Waals surface area contributed by atoms with Crippen LogP contribution in [0.1, 0.15) is 5.56 Å². The number of hydrogen-bond acceptors (Lipinski definition) is 2. The van der Waals surface area contributed by atoms with Gasteiger partial charge in [0.1, 0.15) is 0 Å². The van der Waals surface area contributed by atoms with Crippen molar-refractivity contribution in [1.29, 1.82) is 0 Å². The highest BCUT2D eigenvalue weighted by atomic mass is 32.1. The summed E-state index contributed by atoms with van der Waals surface area (Å²) in [4.78, 5) is 14.3. The van der Waals surface area contributed by atoms with Gasteiger partial charge in [-0.2, -0.15) is 0 Å². The number of pyridine rings is 1. The molecule has 0 unspecified atom stereocenters. The lowest BCUT2D eigenvalue weighted by atomic mass is 10.2. The van der Waals surface area contributed by atoms with Gasteiger partial charge in [0.25, 0.3) is 5.24 Å². The standard InChI is InChI=1S/C8H10N2OS/c11-8(12)10-5-3-7-2-1-4-9-6-7/h1-2,4,6H,3,5H2,(H2,10,11,12). The first-order chi connectivity index (χ1) is 5.79. The van der Waals surface area contributed by atoms with Crippen molar-refractivity contribution in [3.8, 4) is 0 Å². The van der Waals surface area contributed by atoms with Gasteiger partial charge in [-0.3, -0.25) is 9.78 Å². The molecule has 0 saturated heterocycles. The zero-order valence-corrected chi connectivity index (χ0v) is 7.42. The third kappa shape index (κ3) is 3.39. The lowest BCUT2D eigenvalue weighted by molar-refractivity contribution is 0.261. The zero-order valence-electron chi connectivity index (χ0n) is 6.53. The average Bonchev–Trinajstić information content (AvgIpc) is 2.05. The van der Waals surface area contributed by atoms with Gasteiger partial charge in [-0.05, 0) is 18.1 Å². The number of aromatic nitrogens is 1. The molecule has 4 heteroatoms. The number of nitrogens with zero attached hydrogens (tertiary/aromatic N) is 1. The van der Waals surface area contributed by atoms with Gasteiger partial charge in [-0.1, -0.05) is 18.7 Å². The summed E-state index contributed by atoms with van der Waals surface area (Å²) in [6.45, 7) is 0.605. The highest BCUT2D eigenvalue weighted by Gasteiger charge is 1.93. The second kappa shape index (κ2) is 4.77. The van der Waals surface area contributed by atoms with E-state index in [-0.39, 0.29) is 5.24 Å². The molecule has 64 valence electrons. The van der Waals surface area contributed by atoms with Crippen LogP contribution < -0.4 is 5.32 Å². The Morgan fingerprint density at radius 2 is 2.50 bits per heavy atom. The topological polar surface area (TPSA) is 42.0 Å². The van der Waals surface area contributed by atoms with Gasteiger partial charge in [-0.25, -0.2) is 0 Å². The molecule has 1 aromatic heterocycles. The van der Waals surface area contributed by atoms with E-state index in [9.17, 15) is 4.79 Å². The molecule has 0 atom stereocenters. The maximum Gasteiger partial charge on any atom is 0.275 e. The van der Waals surface area contributed by atoms with Gasteiger partial charge in [0.05, 0.1) is 0 Å². The SMILES string of the molecule is O=C(S)NCCc1cccnc1. The molecule has 0 radical (unpaired) electrons. The van der Waals surface area contributed by atoms with Gasteiger partial charge >= 0.3 is 0 Å². The molecule has 0 aliphatic carbocycles. The first kappa shape index (κ1) is 9.06. The summed E-state index contributed by atoms with van der Waals surface area (Å²) in [7, 11) is 0. The van der Waals surface area contributed by atoms with Crippen LogP contribution in [0.5, 0.6) is 0 Å². The minimum absolute atomic E-state index is 0.293. The summed E-state index contributed by atoms with van der Waals surface area (Å²) in [5, 5.41) is 2.30. The Kier molecular flexibility index (Phi) is 3.60. The van der Waals surface area contributed by atoms with Gasteiger partial charge in [-0.15, -0.1) is 0 Å². The largest absolute Gasteiger partial charge is 0.347 e. The van der Waals surface area contributed by atoms with Crippen molar-refractivity contribution in [2.75, 3.05) is 6.54 Å². The predicted molar refractivity (Wildman–Crippen MR) is 50.3 cm³/mol. The first-order valence-corrected chi connectivity index (χ1v) is 4.09. The highest BCUT2D eigenvalue weighted by molar-refractivity contribution is 7.96. The Morgan fingerprint density at radius 3 is 3.08 bits per heavy atom. The van der Waals surface area contributed by atoms with Crippen molar-refractivity contribution < 1.29 is 4.79 Å². The molecule has 1 amide bonds. The lowest BCUT2D eigenvalue weighted by Crippen LogP contribution is -2.19. The zero-order chi connectivity index (χ0) is 8.81. The molecule has 1 heterocycles. The third-order valence-electron chi connectivity index (χ3n) is 1.41. The van der Waals surface area contributed by atoms with Crippen molar-refractivity contribution >= 4 is 17.9 Å². The van der Waals surface area contributed by atoms with Crippen LogP contribution >= 0.6 is 12.6 Å². The Morgan fingerprint density at radius 1 is 1.67 bits per heavy atom. The molecule has 0 aliphatic rings. The monoisotopic (exact) mass is 182 g/mol. The Labute approximate surface area is 76.6 Å². The van der Waals surface area contributed by atoms with Gasteiger partial charge < -0.3 is 5.32 Å². The fraction of sp³-hybridized carbons (Fsp3) is 0.250. The average molecular weight is 182 g/mol. The van der Waals surface area contributed by atoms with E-state index < -0.39 is 0 Å². The lowest BCUT2D eigenvalue weighted by Gasteiger charge is -2.00. The molecule has 12 heavy (non-hydrogen) atoms. The second-order valence-corrected chi connectivity index (χ2v) is 2.75. The fourth-order valence-corrected chi connectivity index (χ4v) is 0.972. The molecule has 3 nitrogen and oxygen atoms in total. The minimum Gasteiger partial charge on any atom is -0.347 e. The summed E-state index contributed by atoms with van der Waals surface area (Å²) in [5.74, 6) is 0. The van der Waals surface area contributed by atoms with Crippen molar-refractivity contribution in [1.82, 2.24) is 10.3 Å². The molecule has 0 aromatic carbocycles. The third-order valence-corrected chi connectivity index (χ3v) is 1.57. The molecular formula is C8H10N2OS. The molecule has 1 aromatic rings. The van der Waals surface area contributed by atoms with Crippen LogP contribution in [0.25, 0.3) is 0 Å². The van der Waals surface area contributed by atoms with Crippen LogP contribution in [-0.2, 0) is 6.42 Å². The van der Waals surface area contributed by atoms with Crippen molar-refractivity contribution in [3.63, 3.8) is 0 Å². The van der Waals surface area contributed by atoms with Crippen molar-refractivity contribution in [2.45, 2.75) is 6.42 Å². The minimum atomic E-state index is -0.293. The number of rotatable bonds is 3. The fourth-order valence-electron chi connectivity index (χ4n) is 0.860. The van der Waals surface area contributed by atoms with Gasteiger partial charge in [0, 0.05) is 18.9 Å². The van der Waals surface area contributed by atoms with E-state index in [1.165, 1.54) is 0 Å². The molecule has 1 rings (SSSR count). The number of amides is 1.